The van der Waals surface area contributed by atoms with Crippen LogP contribution in [0.5, 0.6) is 0 Å². The Kier molecular flexibility index (Phi) is 6.12. The highest BCUT2D eigenvalue weighted by atomic mass is 16.2. The Hall–Kier alpha value is -3.41. The molecule has 3 rings (SSSR count). The minimum Gasteiger partial charge on any atom is -0.325 e. The van der Waals surface area contributed by atoms with E-state index in [1.54, 1.807) is 11.8 Å². The number of benzene rings is 2. The van der Waals surface area contributed by atoms with E-state index in [0.29, 0.717) is 18.2 Å². The zero-order chi connectivity index (χ0) is 21.0. The van der Waals surface area contributed by atoms with Crippen molar-refractivity contribution in [3.63, 3.8) is 0 Å². The molecule has 29 heavy (non-hydrogen) atoms. The minimum atomic E-state index is -0.262. The molecule has 0 aliphatic heterocycles. The Morgan fingerprint density at radius 1 is 1.03 bits per heavy atom. The van der Waals surface area contributed by atoms with Crippen molar-refractivity contribution in [3.8, 4) is 0 Å². The number of anilines is 3. The van der Waals surface area contributed by atoms with Crippen LogP contribution in [0.25, 0.3) is 0 Å². The molecule has 0 radical (unpaired) electrons. The third-order valence-electron chi connectivity index (χ3n) is 4.59. The Labute approximate surface area is 170 Å². The molecule has 2 aromatic carbocycles. The van der Waals surface area contributed by atoms with Crippen LogP contribution < -0.4 is 15.8 Å². The van der Waals surface area contributed by atoms with Gasteiger partial charge in [-0.15, -0.1) is 0 Å². The molecule has 3 aromatic rings. The summed E-state index contributed by atoms with van der Waals surface area (Å²) in [6.07, 6.45) is 0. The second-order valence-corrected chi connectivity index (χ2v) is 7.12. The van der Waals surface area contributed by atoms with Gasteiger partial charge in [0.1, 0.15) is 6.54 Å². The molecule has 1 amide bonds. The number of rotatable bonds is 6. The highest BCUT2D eigenvalue weighted by Gasteiger charge is 2.18. The first-order valence-corrected chi connectivity index (χ1v) is 9.66. The monoisotopic (exact) mass is 390 g/mol. The van der Waals surface area contributed by atoms with E-state index >= 15 is 0 Å². The van der Waals surface area contributed by atoms with E-state index in [1.807, 2.05) is 63.2 Å². The van der Waals surface area contributed by atoms with Gasteiger partial charge in [-0.1, -0.05) is 24.3 Å². The maximum absolute atomic E-state index is 13.0. The number of likely N-dealkylation sites (N-methyl/N-ethyl adjacent to an activating group) is 1. The average molecular weight is 390 g/mol. The number of amides is 1. The lowest BCUT2D eigenvalue weighted by Crippen LogP contribution is -2.37. The summed E-state index contributed by atoms with van der Waals surface area (Å²) in [7, 11) is 0. The SMILES string of the molecule is CCN(C(=O)Cn1c(Nc2cc(C)cc(C)c2)nc(C)cc1=O)c1ccccc1. The smallest absolute Gasteiger partial charge is 0.255 e. The number of hydrogen-bond donors (Lipinski definition) is 1. The van der Waals surface area contributed by atoms with Gasteiger partial charge in [-0.25, -0.2) is 4.98 Å². The number of nitrogens with zero attached hydrogens (tertiary/aromatic N) is 3. The Balaban J connectivity index is 1.94. The van der Waals surface area contributed by atoms with E-state index in [4.69, 9.17) is 0 Å². The van der Waals surface area contributed by atoms with Gasteiger partial charge in [0, 0.05) is 29.7 Å². The predicted molar refractivity (Wildman–Crippen MR) is 117 cm³/mol. The van der Waals surface area contributed by atoms with Gasteiger partial charge in [-0.2, -0.15) is 0 Å². The molecule has 0 aliphatic rings. The van der Waals surface area contributed by atoms with Crippen molar-refractivity contribution < 1.29 is 4.79 Å². The number of aryl methyl sites for hydroxylation is 3. The molecule has 6 nitrogen and oxygen atoms in total. The van der Waals surface area contributed by atoms with Crippen molar-refractivity contribution in [2.45, 2.75) is 34.2 Å². The molecule has 0 atom stereocenters. The van der Waals surface area contributed by atoms with Crippen LogP contribution in [0.2, 0.25) is 0 Å². The second-order valence-electron chi connectivity index (χ2n) is 7.12. The molecule has 0 saturated heterocycles. The molecule has 0 bridgehead atoms. The van der Waals surface area contributed by atoms with Gasteiger partial charge in [0.15, 0.2) is 0 Å². The fourth-order valence-electron chi connectivity index (χ4n) is 3.38. The van der Waals surface area contributed by atoms with Crippen molar-refractivity contribution in [1.82, 2.24) is 9.55 Å². The molecule has 1 N–H and O–H groups in total. The molecular formula is C23H26N4O2. The summed E-state index contributed by atoms with van der Waals surface area (Å²) >= 11 is 0. The fraction of sp³-hybridized carbons (Fsp3) is 0.261. The molecule has 1 aromatic heterocycles. The Bertz CT molecular complexity index is 1050. The number of hydrogen-bond acceptors (Lipinski definition) is 4. The van der Waals surface area contributed by atoms with E-state index in [2.05, 4.69) is 16.4 Å². The zero-order valence-corrected chi connectivity index (χ0v) is 17.3. The lowest BCUT2D eigenvalue weighted by Gasteiger charge is -2.22. The first kappa shape index (κ1) is 20.3. The minimum absolute atomic E-state index is 0.0953. The molecular weight excluding hydrogens is 364 g/mol. The molecule has 6 heteroatoms. The van der Waals surface area contributed by atoms with Crippen LogP contribution in [0.4, 0.5) is 17.3 Å². The number of carbonyl (C=O) groups excluding carboxylic acids is 1. The maximum Gasteiger partial charge on any atom is 0.255 e. The van der Waals surface area contributed by atoms with Crippen molar-refractivity contribution in [2.24, 2.45) is 0 Å². The van der Waals surface area contributed by atoms with Crippen LogP contribution in [-0.2, 0) is 11.3 Å². The first-order valence-electron chi connectivity index (χ1n) is 9.66. The van der Waals surface area contributed by atoms with Crippen LogP contribution in [0.15, 0.2) is 59.4 Å². The molecule has 0 saturated carbocycles. The number of para-hydroxylation sites is 1. The van der Waals surface area contributed by atoms with Crippen LogP contribution in [0.1, 0.15) is 23.7 Å². The van der Waals surface area contributed by atoms with Gasteiger partial charge in [0.2, 0.25) is 11.9 Å². The third-order valence-corrected chi connectivity index (χ3v) is 4.59. The van der Waals surface area contributed by atoms with Gasteiger partial charge in [0.25, 0.3) is 5.56 Å². The lowest BCUT2D eigenvalue weighted by molar-refractivity contribution is -0.119. The fourth-order valence-corrected chi connectivity index (χ4v) is 3.38. The summed E-state index contributed by atoms with van der Waals surface area (Å²) in [5.74, 6) is 0.187. The molecule has 0 aliphatic carbocycles. The third kappa shape index (κ3) is 4.90. The maximum atomic E-state index is 13.0. The van der Waals surface area contributed by atoms with Gasteiger partial charge in [0.05, 0.1) is 0 Å². The van der Waals surface area contributed by atoms with Gasteiger partial charge in [-0.05, 0) is 63.1 Å². The van der Waals surface area contributed by atoms with E-state index < -0.39 is 0 Å². The van der Waals surface area contributed by atoms with Crippen LogP contribution in [-0.4, -0.2) is 22.0 Å². The number of nitrogens with one attached hydrogen (secondary N) is 1. The van der Waals surface area contributed by atoms with E-state index in [1.165, 1.54) is 10.6 Å². The summed E-state index contributed by atoms with van der Waals surface area (Å²) in [5, 5.41) is 3.22. The van der Waals surface area contributed by atoms with Crippen LogP contribution in [0, 0.1) is 20.8 Å². The van der Waals surface area contributed by atoms with E-state index in [0.717, 1.165) is 22.5 Å². The Morgan fingerprint density at radius 2 is 1.69 bits per heavy atom. The highest BCUT2D eigenvalue weighted by molar-refractivity contribution is 5.93. The molecule has 1 heterocycles. The number of carbonyl (C=O) groups is 1. The number of aromatic nitrogens is 2. The van der Waals surface area contributed by atoms with Crippen molar-refractivity contribution in [3.05, 3.63) is 81.8 Å². The molecule has 150 valence electrons. The molecule has 0 fully saturated rings. The average Bonchev–Trinajstić information content (AvgIpc) is 2.65. The summed E-state index contributed by atoms with van der Waals surface area (Å²) in [6, 6.07) is 16.9. The molecule has 0 spiro atoms. The lowest BCUT2D eigenvalue weighted by atomic mass is 10.1. The summed E-state index contributed by atoms with van der Waals surface area (Å²) in [4.78, 5) is 31.8. The summed E-state index contributed by atoms with van der Waals surface area (Å²) in [5.41, 5.74) is 4.18. The van der Waals surface area contributed by atoms with Crippen molar-refractivity contribution >= 4 is 23.2 Å². The van der Waals surface area contributed by atoms with Gasteiger partial charge >= 0.3 is 0 Å². The van der Waals surface area contributed by atoms with Gasteiger partial charge in [-0.3, -0.25) is 14.2 Å². The quantitative estimate of drug-likeness (QED) is 0.692. The first-order chi connectivity index (χ1) is 13.9. The largest absolute Gasteiger partial charge is 0.325 e. The van der Waals surface area contributed by atoms with Gasteiger partial charge < -0.3 is 10.2 Å². The standard InChI is InChI=1S/C23H26N4O2/c1-5-26(20-9-7-6-8-10-20)22(29)15-27-21(28)14-18(4)24-23(27)25-19-12-16(2)11-17(3)13-19/h6-14H,5,15H2,1-4H3,(H,24,25). The normalized spacial score (nSPS) is 10.6. The Morgan fingerprint density at radius 3 is 2.31 bits per heavy atom. The predicted octanol–water partition coefficient (Wildman–Crippen LogP) is 3.97. The van der Waals surface area contributed by atoms with Crippen LogP contribution in [0.3, 0.4) is 0 Å². The molecule has 0 unspecified atom stereocenters. The van der Waals surface area contributed by atoms with Crippen LogP contribution >= 0.6 is 0 Å². The van der Waals surface area contributed by atoms with Crippen molar-refractivity contribution in [1.29, 1.82) is 0 Å². The second kappa shape index (κ2) is 8.73. The zero-order valence-electron chi connectivity index (χ0n) is 17.3. The summed E-state index contributed by atoms with van der Waals surface area (Å²) in [6.45, 7) is 8.12. The summed E-state index contributed by atoms with van der Waals surface area (Å²) < 4.78 is 1.39. The van der Waals surface area contributed by atoms with E-state index in [-0.39, 0.29) is 18.0 Å². The highest BCUT2D eigenvalue weighted by Crippen LogP contribution is 2.19. The van der Waals surface area contributed by atoms with E-state index in [9.17, 15) is 9.59 Å². The van der Waals surface area contributed by atoms with Crippen molar-refractivity contribution in [2.75, 3.05) is 16.8 Å². The topological polar surface area (TPSA) is 67.2 Å².